The number of nitrogens with two attached hydrogens (primary N) is 1. The summed E-state index contributed by atoms with van der Waals surface area (Å²) in [6, 6.07) is 8.51. The number of benzene rings is 1. The summed E-state index contributed by atoms with van der Waals surface area (Å²) in [5, 5.41) is 1.09. The van der Waals surface area contributed by atoms with Crippen LogP contribution in [0.4, 0.5) is 0 Å². The van der Waals surface area contributed by atoms with Gasteiger partial charge >= 0.3 is 0 Å². The topological polar surface area (TPSA) is 38.9 Å². The molecule has 2 nitrogen and oxygen atoms in total. The highest BCUT2D eigenvalue weighted by Crippen LogP contribution is 2.33. The average molecular weight is 260 g/mol. The first-order chi connectivity index (χ1) is 8.44. The number of thiazole rings is 1. The molecule has 1 aromatic heterocycles. The Kier molecular flexibility index (Phi) is 3.55. The van der Waals surface area contributed by atoms with Crippen molar-refractivity contribution in [2.75, 3.05) is 6.54 Å². The van der Waals surface area contributed by atoms with Crippen LogP contribution in [-0.4, -0.2) is 11.5 Å². The van der Waals surface area contributed by atoms with Gasteiger partial charge in [-0.2, -0.15) is 0 Å². The molecule has 0 spiro atoms. The van der Waals surface area contributed by atoms with Crippen LogP contribution in [0, 0.1) is 13.8 Å². The zero-order chi connectivity index (χ0) is 13.3. The van der Waals surface area contributed by atoms with E-state index >= 15 is 0 Å². The van der Waals surface area contributed by atoms with Crippen LogP contribution in [0.2, 0.25) is 0 Å². The molecule has 0 amide bonds. The second kappa shape index (κ2) is 4.82. The predicted octanol–water partition coefficient (Wildman–Crippen LogP) is 3.66. The highest BCUT2D eigenvalue weighted by molar-refractivity contribution is 7.15. The van der Waals surface area contributed by atoms with Crippen LogP contribution in [0.25, 0.3) is 10.6 Å². The molecule has 0 aliphatic rings. The molecular formula is C15H20N2S. The SMILES string of the molecule is Cc1ccc(-c2nc(C(C)(C)CN)c(C)s2)cc1. The van der Waals surface area contributed by atoms with Gasteiger partial charge in [-0.1, -0.05) is 43.7 Å². The molecule has 0 aliphatic carbocycles. The van der Waals surface area contributed by atoms with E-state index in [4.69, 9.17) is 10.7 Å². The van der Waals surface area contributed by atoms with Crippen molar-refractivity contribution in [2.45, 2.75) is 33.1 Å². The number of hydrogen-bond donors (Lipinski definition) is 1. The van der Waals surface area contributed by atoms with Gasteiger partial charge in [-0.25, -0.2) is 4.98 Å². The molecule has 1 aromatic carbocycles. The molecular weight excluding hydrogens is 240 g/mol. The molecule has 0 aliphatic heterocycles. The molecule has 0 fully saturated rings. The third kappa shape index (κ3) is 2.47. The summed E-state index contributed by atoms with van der Waals surface area (Å²) in [7, 11) is 0. The number of hydrogen-bond acceptors (Lipinski definition) is 3. The summed E-state index contributed by atoms with van der Waals surface area (Å²) in [5.41, 5.74) is 9.38. The zero-order valence-electron chi connectivity index (χ0n) is 11.4. The first-order valence-corrected chi connectivity index (χ1v) is 7.01. The Balaban J connectivity index is 2.43. The van der Waals surface area contributed by atoms with Crippen LogP contribution in [0.15, 0.2) is 24.3 Å². The normalized spacial score (nSPS) is 11.8. The van der Waals surface area contributed by atoms with E-state index in [9.17, 15) is 0 Å². The van der Waals surface area contributed by atoms with Crippen molar-refractivity contribution in [3.8, 4) is 10.6 Å². The maximum atomic E-state index is 5.84. The number of aryl methyl sites for hydroxylation is 2. The second-order valence-corrected chi connectivity index (χ2v) is 6.58. The van der Waals surface area contributed by atoms with Crippen molar-refractivity contribution in [1.82, 2.24) is 4.98 Å². The Morgan fingerprint density at radius 3 is 2.33 bits per heavy atom. The zero-order valence-corrected chi connectivity index (χ0v) is 12.3. The van der Waals surface area contributed by atoms with Crippen LogP contribution in [0.3, 0.4) is 0 Å². The fraction of sp³-hybridized carbons (Fsp3) is 0.400. The van der Waals surface area contributed by atoms with Gasteiger partial charge in [-0.3, -0.25) is 0 Å². The van der Waals surface area contributed by atoms with Crippen molar-refractivity contribution in [2.24, 2.45) is 5.73 Å². The molecule has 0 unspecified atom stereocenters. The number of nitrogens with zero attached hydrogens (tertiary/aromatic N) is 1. The summed E-state index contributed by atoms with van der Waals surface area (Å²) >= 11 is 1.75. The summed E-state index contributed by atoms with van der Waals surface area (Å²) in [4.78, 5) is 6.06. The minimum absolute atomic E-state index is 0.0521. The lowest BCUT2D eigenvalue weighted by Crippen LogP contribution is -2.29. The third-order valence-corrected chi connectivity index (χ3v) is 4.27. The molecule has 1 heterocycles. The molecule has 0 atom stereocenters. The largest absolute Gasteiger partial charge is 0.330 e. The maximum Gasteiger partial charge on any atom is 0.123 e. The standard InChI is InChI=1S/C15H20N2S/c1-10-5-7-12(8-6-10)14-17-13(11(2)18-14)15(3,4)9-16/h5-8H,9,16H2,1-4H3. The monoisotopic (exact) mass is 260 g/mol. The highest BCUT2D eigenvalue weighted by atomic mass is 32.1. The first kappa shape index (κ1) is 13.2. The van der Waals surface area contributed by atoms with Gasteiger partial charge in [0, 0.05) is 22.4 Å². The molecule has 18 heavy (non-hydrogen) atoms. The Morgan fingerprint density at radius 1 is 1.17 bits per heavy atom. The van der Waals surface area contributed by atoms with E-state index in [0.717, 1.165) is 10.7 Å². The van der Waals surface area contributed by atoms with E-state index in [1.807, 2.05) is 0 Å². The molecule has 3 heteroatoms. The molecule has 0 bridgehead atoms. The van der Waals surface area contributed by atoms with Crippen molar-refractivity contribution < 1.29 is 0 Å². The van der Waals surface area contributed by atoms with Crippen molar-refractivity contribution in [3.63, 3.8) is 0 Å². The van der Waals surface area contributed by atoms with E-state index in [1.165, 1.54) is 16.0 Å². The summed E-state index contributed by atoms with van der Waals surface area (Å²) < 4.78 is 0. The van der Waals surface area contributed by atoms with E-state index in [2.05, 4.69) is 52.0 Å². The molecule has 0 radical (unpaired) electrons. The Hall–Kier alpha value is -1.19. The van der Waals surface area contributed by atoms with Crippen molar-refractivity contribution in [1.29, 1.82) is 0 Å². The molecule has 2 aromatic rings. The fourth-order valence-corrected chi connectivity index (χ4v) is 3.04. The third-order valence-electron chi connectivity index (χ3n) is 3.25. The van der Waals surface area contributed by atoms with Crippen LogP contribution >= 0.6 is 11.3 Å². The van der Waals surface area contributed by atoms with Gasteiger partial charge in [0.25, 0.3) is 0 Å². The van der Waals surface area contributed by atoms with Gasteiger partial charge in [0.1, 0.15) is 5.01 Å². The Bertz CT molecular complexity index is 538. The van der Waals surface area contributed by atoms with Crippen molar-refractivity contribution >= 4 is 11.3 Å². The predicted molar refractivity (Wildman–Crippen MR) is 79.1 cm³/mol. The lowest BCUT2D eigenvalue weighted by atomic mass is 9.89. The van der Waals surface area contributed by atoms with E-state index < -0.39 is 0 Å². The minimum atomic E-state index is -0.0521. The van der Waals surface area contributed by atoms with Crippen molar-refractivity contribution in [3.05, 3.63) is 40.4 Å². The highest BCUT2D eigenvalue weighted by Gasteiger charge is 2.25. The molecule has 2 N–H and O–H groups in total. The van der Waals surface area contributed by atoms with E-state index in [0.29, 0.717) is 6.54 Å². The molecule has 96 valence electrons. The Morgan fingerprint density at radius 2 is 1.78 bits per heavy atom. The fourth-order valence-electron chi connectivity index (χ4n) is 1.94. The van der Waals surface area contributed by atoms with Crippen LogP contribution in [-0.2, 0) is 5.41 Å². The van der Waals surface area contributed by atoms with Gasteiger partial charge in [0.15, 0.2) is 0 Å². The van der Waals surface area contributed by atoms with Gasteiger partial charge in [0.2, 0.25) is 0 Å². The van der Waals surface area contributed by atoms with Crippen LogP contribution < -0.4 is 5.73 Å². The van der Waals surface area contributed by atoms with Gasteiger partial charge in [-0.15, -0.1) is 11.3 Å². The molecule has 0 saturated heterocycles. The smallest absolute Gasteiger partial charge is 0.123 e. The minimum Gasteiger partial charge on any atom is -0.330 e. The number of aromatic nitrogens is 1. The molecule has 0 saturated carbocycles. The average Bonchev–Trinajstić information content (AvgIpc) is 2.73. The maximum absolute atomic E-state index is 5.84. The Labute approximate surface area is 113 Å². The van der Waals surface area contributed by atoms with Gasteiger partial charge < -0.3 is 5.73 Å². The summed E-state index contributed by atoms with van der Waals surface area (Å²) in [6.45, 7) is 9.13. The first-order valence-electron chi connectivity index (χ1n) is 6.19. The quantitative estimate of drug-likeness (QED) is 0.914. The van der Waals surface area contributed by atoms with E-state index in [1.54, 1.807) is 11.3 Å². The number of rotatable bonds is 3. The van der Waals surface area contributed by atoms with E-state index in [-0.39, 0.29) is 5.41 Å². The summed E-state index contributed by atoms with van der Waals surface area (Å²) in [6.07, 6.45) is 0. The van der Waals surface area contributed by atoms with Crippen LogP contribution in [0.1, 0.15) is 30.0 Å². The van der Waals surface area contributed by atoms with Gasteiger partial charge in [-0.05, 0) is 13.8 Å². The summed E-state index contributed by atoms with van der Waals surface area (Å²) in [5.74, 6) is 0. The lowest BCUT2D eigenvalue weighted by Gasteiger charge is -2.20. The second-order valence-electron chi connectivity index (χ2n) is 5.38. The van der Waals surface area contributed by atoms with Crippen LogP contribution in [0.5, 0.6) is 0 Å². The molecule has 2 rings (SSSR count). The lowest BCUT2D eigenvalue weighted by molar-refractivity contribution is 0.522. The van der Waals surface area contributed by atoms with Gasteiger partial charge in [0.05, 0.1) is 5.69 Å².